The Morgan fingerprint density at radius 1 is 1.25 bits per heavy atom. The summed E-state index contributed by atoms with van der Waals surface area (Å²) in [6.07, 6.45) is -0.404. The predicted molar refractivity (Wildman–Crippen MR) is 140 cm³/mol. The van der Waals surface area contributed by atoms with E-state index in [2.05, 4.69) is 15.1 Å². The number of hydrogen-bond donors (Lipinski definition) is 1. The minimum Gasteiger partial charge on any atom is -0.486 e. The molecule has 1 saturated heterocycles. The van der Waals surface area contributed by atoms with Gasteiger partial charge in [0, 0.05) is 24.5 Å². The topological polar surface area (TPSA) is 126 Å². The zero-order valence-corrected chi connectivity index (χ0v) is 21.5. The molecule has 1 N–H and O–H groups in total. The predicted octanol–water partition coefficient (Wildman–Crippen LogP) is 3.12. The number of aromatic amines is 1. The molecule has 2 aromatic carbocycles. The molecule has 1 aliphatic heterocycles. The van der Waals surface area contributed by atoms with E-state index in [-0.39, 0.29) is 35.7 Å². The van der Waals surface area contributed by atoms with Gasteiger partial charge in [-0.15, -0.1) is 0 Å². The third-order valence-corrected chi connectivity index (χ3v) is 7.21. The average Bonchev–Trinajstić information content (AvgIpc) is 3.74. The van der Waals surface area contributed by atoms with Gasteiger partial charge in [-0.1, -0.05) is 12.1 Å². The highest BCUT2D eigenvalue weighted by atomic mass is 19.3. The molecule has 206 valence electrons. The first-order valence-electron chi connectivity index (χ1n) is 13.1. The van der Waals surface area contributed by atoms with Gasteiger partial charge >= 0.3 is 0 Å². The number of halogens is 2. The molecule has 3 heterocycles. The van der Waals surface area contributed by atoms with Crippen LogP contribution in [0.3, 0.4) is 0 Å². The molecule has 12 heteroatoms. The number of carbonyl (C=O) groups is 1. The molecular weight excluding hydrogens is 522 g/mol. The van der Waals surface area contributed by atoms with Crippen LogP contribution < -0.4 is 10.3 Å². The maximum atomic E-state index is 13.5. The first-order chi connectivity index (χ1) is 19.4. The Morgan fingerprint density at radius 3 is 2.77 bits per heavy atom. The lowest BCUT2D eigenvalue weighted by Gasteiger charge is -2.27. The summed E-state index contributed by atoms with van der Waals surface area (Å²) in [5.41, 5.74) is 2.42. The van der Waals surface area contributed by atoms with E-state index in [9.17, 15) is 23.6 Å². The van der Waals surface area contributed by atoms with Gasteiger partial charge in [0.15, 0.2) is 0 Å². The maximum absolute atomic E-state index is 13.5. The Morgan fingerprint density at radius 2 is 2.05 bits per heavy atom. The van der Waals surface area contributed by atoms with Crippen molar-refractivity contribution >= 4 is 27.7 Å². The number of nitriles is 1. The number of aromatic nitrogens is 4. The van der Waals surface area contributed by atoms with Crippen molar-refractivity contribution in [1.29, 1.82) is 5.26 Å². The summed E-state index contributed by atoms with van der Waals surface area (Å²) in [5, 5.41) is 15.4. The SMILES string of the molecule is N#Cc1cc2[nH]c(Cc3nn(CC(=O)N4CCOCC4)c(=O)c4cccc(C5CC5)c34)nc2cc1OCC(F)F. The molecule has 0 unspecified atom stereocenters. The van der Waals surface area contributed by atoms with Gasteiger partial charge < -0.3 is 19.4 Å². The van der Waals surface area contributed by atoms with Crippen molar-refractivity contribution in [2.75, 3.05) is 32.9 Å². The number of nitrogens with zero attached hydrogens (tertiary/aromatic N) is 5. The fourth-order valence-corrected chi connectivity index (χ4v) is 5.15. The molecule has 2 aliphatic rings. The van der Waals surface area contributed by atoms with Crippen molar-refractivity contribution in [1.82, 2.24) is 24.6 Å². The molecule has 1 amide bonds. The van der Waals surface area contributed by atoms with E-state index < -0.39 is 13.0 Å². The zero-order valence-electron chi connectivity index (χ0n) is 21.5. The minimum atomic E-state index is -2.68. The molecule has 1 saturated carbocycles. The Hall–Kier alpha value is -4.37. The lowest BCUT2D eigenvalue weighted by molar-refractivity contribution is -0.136. The monoisotopic (exact) mass is 548 g/mol. The molecule has 0 spiro atoms. The number of fused-ring (bicyclic) bond motifs is 2. The summed E-state index contributed by atoms with van der Waals surface area (Å²) in [7, 11) is 0. The van der Waals surface area contributed by atoms with E-state index in [0.717, 1.165) is 23.8 Å². The number of hydrogen-bond acceptors (Lipinski definition) is 7. The number of H-pyrrole nitrogens is 1. The molecule has 6 rings (SSSR count). The Bertz CT molecular complexity index is 1700. The van der Waals surface area contributed by atoms with Crippen LogP contribution in [0.5, 0.6) is 5.75 Å². The summed E-state index contributed by atoms with van der Waals surface area (Å²) >= 11 is 0. The number of morpholine rings is 1. The lowest BCUT2D eigenvalue weighted by atomic mass is 9.99. The van der Waals surface area contributed by atoms with Gasteiger partial charge in [0.05, 0.1) is 47.3 Å². The van der Waals surface area contributed by atoms with Crippen LogP contribution in [0.1, 0.15) is 41.4 Å². The summed E-state index contributed by atoms with van der Waals surface area (Å²) in [5.74, 6) is 0.681. The number of carbonyl (C=O) groups excluding carboxylic acids is 1. The van der Waals surface area contributed by atoms with Crippen LogP contribution in [0.2, 0.25) is 0 Å². The highest BCUT2D eigenvalue weighted by Gasteiger charge is 2.28. The highest BCUT2D eigenvalue weighted by molar-refractivity contribution is 5.88. The van der Waals surface area contributed by atoms with E-state index in [1.807, 2.05) is 18.2 Å². The van der Waals surface area contributed by atoms with Crippen LogP contribution >= 0.6 is 0 Å². The number of alkyl halides is 2. The molecule has 0 bridgehead atoms. The van der Waals surface area contributed by atoms with Gasteiger partial charge in [-0.05, 0) is 36.5 Å². The molecule has 0 radical (unpaired) electrons. The van der Waals surface area contributed by atoms with Crippen LogP contribution in [-0.2, 0) is 22.5 Å². The number of amides is 1. The molecule has 2 aromatic heterocycles. The fraction of sp³-hybridized carbons (Fsp3) is 0.393. The zero-order chi connectivity index (χ0) is 27.8. The van der Waals surface area contributed by atoms with Gasteiger partial charge in [0.25, 0.3) is 12.0 Å². The van der Waals surface area contributed by atoms with Crippen molar-refractivity contribution in [3.63, 3.8) is 0 Å². The third-order valence-electron chi connectivity index (χ3n) is 7.21. The molecule has 2 fully saturated rings. The van der Waals surface area contributed by atoms with Crippen LogP contribution in [0.4, 0.5) is 8.78 Å². The second kappa shape index (κ2) is 10.7. The number of benzene rings is 2. The average molecular weight is 549 g/mol. The standard InChI is InChI=1S/C28H26F2N6O4/c29-24(30)15-40-23-11-21-20(10-17(23)13-31)32-25(33-21)12-22-27-18(16-4-5-16)2-1-3-19(27)28(38)36(34-22)14-26(37)35-6-8-39-9-7-35/h1-3,10-11,16,24H,4-9,12,14-15H2,(H,32,33). The number of imidazole rings is 1. The molecule has 10 nitrogen and oxygen atoms in total. The third kappa shape index (κ3) is 5.12. The van der Waals surface area contributed by atoms with E-state index in [0.29, 0.717) is 60.2 Å². The van der Waals surface area contributed by atoms with E-state index in [1.54, 1.807) is 11.0 Å². The Kier molecular flexibility index (Phi) is 6.89. The van der Waals surface area contributed by atoms with E-state index >= 15 is 0 Å². The molecule has 1 aliphatic carbocycles. The summed E-state index contributed by atoms with van der Waals surface area (Å²) < 4.78 is 37.1. The van der Waals surface area contributed by atoms with Gasteiger partial charge in [0.1, 0.15) is 30.8 Å². The Labute approximate surface area is 227 Å². The summed E-state index contributed by atoms with van der Waals surface area (Å²) in [6, 6.07) is 10.6. The van der Waals surface area contributed by atoms with Crippen LogP contribution in [-0.4, -0.2) is 69.9 Å². The van der Waals surface area contributed by atoms with Crippen molar-refractivity contribution in [2.24, 2.45) is 0 Å². The van der Waals surface area contributed by atoms with Crippen LogP contribution in [0, 0.1) is 11.3 Å². The quantitative estimate of drug-likeness (QED) is 0.359. The number of rotatable bonds is 8. The van der Waals surface area contributed by atoms with E-state index in [4.69, 9.17) is 9.47 Å². The smallest absolute Gasteiger partial charge is 0.275 e. The van der Waals surface area contributed by atoms with Gasteiger partial charge in [0.2, 0.25) is 5.91 Å². The minimum absolute atomic E-state index is 0.0307. The van der Waals surface area contributed by atoms with Crippen molar-refractivity contribution < 1.29 is 23.0 Å². The van der Waals surface area contributed by atoms with Gasteiger partial charge in [-0.2, -0.15) is 10.4 Å². The first-order valence-corrected chi connectivity index (χ1v) is 13.1. The van der Waals surface area contributed by atoms with Crippen LogP contribution in [0.25, 0.3) is 21.8 Å². The van der Waals surface area contributed by atoms with E-state index in [1.165, 1.54) is 16.8 Å². The number of nitrogens with one attached hydrogen (secondary N) is 1. The number of ether oxygens (including phenoxy) is 2. The normalized spacial score (nSPS) is 15.6. The van der Waals surface area contributed by atoms with Crippen LogP contribution in [0.15, 0.2) is 35.1 Å². The second-order valence-electron chi connectivity index (χ2n) is 9.99. The van der Waals surface area contributed by atoms with Crippen molar-refractivity contribution in [3.05, 3.63) is 63.3 Å². The molecule has 0 atom stereocenters. The first kappa shape index (κ1) is 25.9. The lowest BCUT2D eigenvalue weighted by Crippen LogP contribution is -2.44. The maximum Gasteiger partial charge on any atom is 0.275 e. The summed E-state index contributed by atoms with van der Waals surface area (Å²) in [4.78, 5) is 35.9. The highest BCUT2D eigenvalue weighted by Crippen LogP contribution is 2.43. The summed E-state index contributed by atoms with van der Waals surface area (Å²) in [6.45, 7) is 0.819. The van der Waals surface area contributed by atoms with Crippen molar-refractivity contribution in [3.8, 4) is 11.8 Å². The largest absolute Gasteiger partial charge is 0.486 e. The van der Waals surface area contributed by atoms with Crippen molar-refractivity contribution in [2.45, 2.75) is 38.2 Å². The molecule has 4 aromatic rings. The second-order valence-corrected chi connectivity index (χ2v) is 9.99. The molecule has 40 heavy (non-hydrogen) atoms. The fourth-order valence-electron chi connectivity index (χ4n) is 5.15. The van der Waals surface area contributed by atoms with Gasteiger partial charge in [-0.3, -0.25) is 9.59 Å². The molecular formula is C28H26F2N6O4. The van der Waals surface area contributed by atoms with Gasteiger partial charge in [-0.25, -0.2) is 18.4 Å². The Balaban J connectivity index is 1.40.